The van der Waals surface area contributed by atoms with Crippen LogP contribution in [-0.4, -0.2) is 47.4 Å². The first-order valence-corrected chi connectivity index (χ1v) is 35.3. The Kier molecular flexibility index (Phi) is 65.4. The Hall–Kier alpha value is -1.14. The Balaban J connectivity index is 3.26. The SMILES string of the molecule is CCCCCCCCCCCCCCCCCCCCC(=O)OCCCCCCCCCCCCCCCCCCCCCCCCCCCCCCCCCCC(=O)NC(CO)C(O)CCCCCCCCCCC. The van der Waals surface area contributed by atoms with Gasteiger partial charge in [-0.05, 0) is 25.7 Å². The molecule has 0 heterocycles. The van der Waals surface area contributed by atoms with Gasteiger partial charge in [0.05, 0.1) is 25.4 Å². The van der Waals surface area contributed by atoms with Crippen LogP contribution in [0.25, 0.3) is 0 Å². The van der Waals surface area contributed by atoms with Crippen LogP contribution in [0.3, 0.4) is 0 Å². The predicted octanol–water partition coefficient (Wildman–Crippen LogP) is 22.6. The number of carbonyl (C=O) groups is 2. The van der Waals surface area contributed by atoms with Crippen LogP contribution in [0.15, 0.2) is 0 Å². The maximum absolute atomic E-state index is 12.4. The van der Waals surface area contributed by atoms with Crippen LogP contribution in [0.1, 0.15) is 412 Å². The highest BCUT2D eigenvalue weighted by molar-refractivity contribution is 5.76. The third-order valence-electron chi connectivity index (χ3n) is 16.9. The van der Waals surface area contributed by atoms with Gasteiger partial charge >= 0.3 is 5.97 Å². The summed E-state index contributed by atoms with van der Waals surface area (Å²) in [5, 5.41) is 23.1. The summed E-state index contributed by atoms with van der Waals surface area (Å²) in [6.45, 7) is 4.98. The lowest BCUT2D eigenvalue weighted by Gasteiger charge is -2.22. The number of aliphatic hydroxyl groups is 2. The molecule has 0 radical (unpaired) electrons. The third-order valence-corrected chi connectivity index (χ3v) is 16.9. The van der Waals surface area contributed by atoms with E-state index in [9.17, 15) is 19.8 Å². The minimum Gasteiger partial charge on any atom is -0.466 e. The lowest BCUT2D eigenvalue weighted by atomic mass is 10.0. The molecule has 0 aliphatic heterocycles. The van der Waals surface area contributed by atoms with E-state index in [4.69, 9.17) is 4.74 Å². The normalized spacial score (nSPS) is 12.4. The van der Waals surface area contributed by atoms with Crippen LogP contribution >= 0.6 is 0 Å². The number of hydrogen-bond acceptors (Lipinski definition) is 5. The molecule has 6 heteroatoms. The summed E-state index contributed by atoms with van der Waals surface area (Å²) in [6, 6.07) is -0.534. The van der Waals surface area contributed by atoms with E-state index < -0.39 is 12.1 Å². The Morgan fingerprint density at radius 1 is 0.316 bits per heavy atom. The molecule has 6 nitrogen and oxygen atoms in total. The molecule has 3 N–H and O–H groups in total. The summed E-state index contributed by atoms with van der Waals surface area (Å²) in [5.74, 6) is -0.00373. The molecule has 0 aliphatic carbocycles. The molecule has 2 atom stereocenters. The molecule has 76 heavy (non-hydrogen) atoms. The molecular formula is C70H139NO5. The number of carbonyl (C=O) groups excluding carboxylic acids is 2. The number of esters is 1. The van der Waals surface area contributed by atoms with Crippen molar-refractivity contribution in [1.29, 1.82) is 0 Å². The van der Waals surface area contributed by atoms with Crippen molar-refractivity contribution >= 4 is 11.9 Å². The third kappa shape index (κ3) is 62.1. The van der Waals surface area contributed by atoms with E-state index in [1.165, 1.54) is 340 Å². The highest BCUT2D eigenvalue weighted by atomic mass is 16.5. The van der Waals surface area contributed by atoms with Crippen LogP contribution in [0, 0.1) is 0 Å². The molecule has 0 aromatic heterocycles. The lowest BCUT2D eigenvalue weighted by molar-refractivity contribution is -0.143. The van der Waals surface area contributed by atoms with Crippen molar-refractivity contribution in [2.75, 3.05) is 13.2 Å². The summed E-state index contributed by atoms with van der Waals surface area (Å²) in [4.78, 5) is 24.5. The molecule has 0 fully saturated rings. The van der Waals surface area contributed by atoms with Crippen LogP contribution in [0.5, 0.6) is 0 Å². The van der Waals surface area contributed by atoms with Crippen LogP contribution in [-0.2, 0) is 14.3 Å². The Morgan fingerprint density at radius 3 is 0.803 bits per heavy atom. The highest BCUT2D eigenvalue weighted by Crippen LogP contribution is 2.20. The smallest absolute Gasteiger partial charge is 0.305 e. The number of nitrogens with one attached hydrogen (secondary N) is 1. The maximum Gasteiger partial charge on any atom is 0.305 e. The highest BCUT2D eigenvalue weighted by Gasteiger charge is 2.20. The molecular weight excluding hydrogens is 935 g/mol. The molecule has 0 bridgehead atoms. The van der Waals surface area contributed by atoms with E-state index in [-0.39, 0.29) is 18.5 Å². The van der Waals surface area contributed by atoms with Crippen molar-refractivity contribution in [1.82, 2.24) is 5.32 Å². The van der Waals surface area contributed by atoms with Gasteiger partial charge in [-0.2, -0.15) is 0 Å². The van der Waals surface area contributed by atoms with Crippen molar-refractivity contribution in [3.8, 4) is 0 Å². The first-order valence-electron chi connectivity index (χ1n) is 35.3. The van der Waals surface area contributed by atoms with Crippen LogP contribution in [0.2, 0.25) is 0 Å². The maximum atomic E-state index is 12.4. The van der Waals surface area contributed by atoms with E-state index >= 15 is 0 Å². The lowest BCUT2D eigenvalue weighted by Crippen LogP contribution is -2.45. The number of aliphatic hydroxyl groups excluding tert-OH is 2. The minimum atomic E-state index is -0.657. The van der Waals surface area contributed by atoms with Crippen molar-refractivity contribution in [2.24, 2.45) is 0 Å². The summed E-state index contributed by atoms with van der Waals surface area (Å²) in [6.07, 6.45) is 80.4. The summed E-state index contributed by atoms with van der Waals surface area (Å²) in [5.41, 5.74) is 0. The first-order chi connectivity index (χ1) is 37.5. The van der Waals surface area contributed by atoms with Crippen LogP contribution in [0.4, 0.5) is 0 Å². The first kappa shape index (κ1) is 74.9. The van der Waals surface area contributed by atoms with Gasteiger partial charge < -0.3 is 20.3 Å². The number of amides is 1. The second kappa shape index (κ2) is 66.4. The molecule has 454 valence electrons. The molecule has 1 amide bonds. The summed E-state index contributed by atoms with van der Waals surface area (Å²) >= 11 is 0. The van der Waals surface area contributed by atoms with E-state index in [1.807, 2.05) is 0 Å². The quantitative estimate of drug-likeness (QED) is 0.0417. The Morgan fingerprint density at radius 2 is 0.539 bits per heavy atom. The predicted molar refractivity (Wildman–Crippen MR) is 334 cm³/mol. The number of unbranched alkanes of at least 4 members (excludes halogenated alkanes) is 56. The number of hydrogen-bond donors (Lipinski definition) is 3. The van der Waals surface area contributed by atoms with E-state index in [0.29, 0.717) is 25.9 Å². The Bertz CT molecular complexity index is 1100. The molecule has 2 unspecified atom stereocenters. The van der Waals surface area contributed by atoms with Crippen molar-refractivity contribution < 1.29 is 24.5 Å². The van der Waals surface area contributed by atoms with Gasteiger partial charge in [0, 0.05) is 12.8 Å². The van der Waals surface area contributed by atoms with Crippen molar-refractivity contribution in [2.45, 2.75) is 424 Å². The molecule has 0 saturated carbocycles. The summed E-state index contributed by atoms with van der Waals surface area (Å²) in [7, 11) is 0. The van der Waals surface area contributed by atoms with Gasteiger partial charge in [0.2, 0.25) is 5.91 Å². The second-order valence-corrected chi connectivity index (χ2v) is 24.6. The van der Waals surface area contributed by atoms with Gasteiger partial charge in [0.1, 0.15) is 0 Å². The molecule has 0 spiro atoms. The van der Waals surface area contributed by atoms with E-state index in [1.54, 1.807) is 0 Å². The topological polar surface area (TPSA) is 95.9 Å². The van der Waals surface area contributed by atoms with Gasteiger partial charge in [0.25, 0.3) is 0 Å². The zero-order valence-corrected chi connectivity index (χ0v) is 52.0. The second-order valence-electron chi connectivity index (χ2n) is 24.6. The average Bonchev–Trinajstić information content (AvgIpc) is 3.42. The molecule has 0 rings (SSSR count). The van der Waals surface area contributed by atoms with Gasteiger partial charge in [-0.15, -0.1) is 0 Å². The van der Waals surface area contributed by atoms with Gasteiger partial charge in [-0.1, -0.05) is 373 Å². The zero-order valence-electron chi connectivity index (χ0n) is 52.0. The minimum absolute atomic E-state index is 0.0267. The standard InChI is InChI=1S/C70H139NO5/c1-3-5-7-9-11-13-14-15-16-17-35-38-41-44-48-52-56-60-64-70(75)76-65-61-57-53-49-45-42-39-36-33-31-29-27-25-23-21-19-18-20-22-24-26-28-30-32-34-37-40-43-47-51-55-59-63-69(74)71-67(66-72)68(73)62-58-54-50-46-12-10-8-6-4-2/h67-68,72-73H,3-66H2,1-2H3,(H,71,74). The summed E-state index contributed by atoms with van der Waals surface area (Å²) < 4.78 is 5.51. The molecule has 0 aromatic rings. The Labute approximate surface area is 476 Å². The van der Waals surface area contributed by atoms with Gasteiger partial charge in [0.15, 0.2) is 0 Å². The number of ether oxygens (including phenoxy) is 1. The van der Waals surface area contributed by atoms with Crippen LogP contribution < -0.4 is 5.32 Å². The molecule has 0 saturated heterocycles. The van der Waals surface area contributed by atoms with Gasteiger partial charge in [-0.3, -0.25) is 9.59 Å². The van der Waals surface area contributed by atoms with Crippen molar-refractivity contribution in [3.05, 3.63) is 0 Å². The average molecular weight is 1070 g/mol. The number of rotatable bonds is 67. The van der Waals surface area contributed by atoms with Gasteiger partial charge in [-0.25, -0.2) is 0 Å². The van der Waals surface area contributed by atoms with E-state index in [2.05, 4.69) is 19.2 Å². The fourth-order valence-corrected chi connectivity index (χ4v) is 11.5. The molecule has 0 aromatic carbocycles. The van der Waals surface area contributed by atoms with Crippen molar-refractivity contribution in [3.63, 3.8) is 0 Å². The van der Waals surface area contributed by atoms with E-state index in [0.717, 1.165) is 38.5 Å². The zero-order chi connectivity index (χ0) is 55.0. The monoisotopic (exact) mass is 1070 g/mol. The fraction of sp³-hybridized carbons (Fsp3) is 0.971. The largest absolute Gasteiger partial charge is 0.466 e. The fourth-order valence-electron chi connectivity index (χ4n) is 11.5. The molecule has 0 aliphatic rings.